The number of carbonyl (C=O) groups excluding carboxylic acids is 2. The third kappa shape index (κ3) is 3.80. The summed E-state index contributed by atoms with van der Waals surface area (Å²) in [5, 5.41) is 7.86. The Labute approximate surface area is 160 Å². The molecule has 0 bridgehead atoms. The van der Waals surface area contributed by atoms with Gasteiger partial charge in [0.15, 0.2) is 5.78 Å². The molecule has 1 aromatic carbocycles. The number of nitrogens with zero attached hydrogens (tertiary/aromatic N) is 2. The number of carbonyl (C=O) groups is 2. The molecule has 0 spiro atoms. The largest absolute Gasteiger partial charge is 0.465 e. The summed E-state index contributed by atoms with van der Waals surface area (Å²) in [6, 6.07) is 9.41. The van der Waals surface area contributed by atoms with Crippen molar-refractivity contribution in [2.24, 2.45) is 0 Å². The van der Waals surface area contributed by atoms with E-state index in [0.717, 1.165) is 5.56 Å². The number of benzene rings is 1. The van der Waals surface area contributed by atoms with Crippen LogP contribution in [0.3, 0.4) is 0 Å². The van der Waals surface area contributed by atoms with Gasteiger partial charge in [-0.25, -0.2) is 4.79 Å². The molecule has 0 aliphatic rings. The molecule has 0 unspecified atom stereocenters. The van der Waals surface area contributed by atoms with E-state index in [0.29, 0.717) is 33.6 Å². The van der Waals surface area contributed by atoms with Gasteiger partial charge in [-0.1, -0.05) is 30.0 Å². The molecule has 0 aliphatic heterocycles. The van der Waals surface area contributed by atoms with Crippen LogP contribution < -0.4 is 0 Å². The van der Waals surface area contributed by atoms with Crippen molar-refractivity contribution in [3.8, 4) is 11.5 Å². The number of esters is 1. The van der Waals surface area contributed by atoms with Crippen LogP contribution in [0.25, 0.3) is 11.5 Å². The van der Waals surface area contributed by atoms with Crippen molar-refractivity contribution in [2.45, 2.75) is 31.2 Å². The van der Waals surface area contributed by atoms with Gasteiger partial charge in [-0.15, -0.1) is 10.2 Å². The standard InChI is InChI=1S/C19H19N3O4S/c1-10-14(18(24)25-4)11(2)20-15(10)16(23)12(3)27-19-22-21-17(26-19)13-8-6-5-7-9-13/h5-9,12,20H,1-4H3/t12-/m0/s1. The van der Waals surface area contributed by atoms with E-state index >= 15 is 0 Å². The lowest BCUT2D eigenvalue weighted by atomic mass is 10.1. The van der Waals surface area contributed by atoms with Crippen molar-refractivity contribution >= 4 is 23.5 Å². The Balaban J connectivity index is 1.77. The van der Waals surface area contributed by atoms with E-state index in [1.165, 1.54) is 18.9 Å². The summed E-state index contributed by atoms with van der Waals surface area (Å²) in [6.07, 6.45) is 0. The number of H-pyrrole nitrogens is 1. The van der Waals surface area contributed by atoms with Gasteiger partial charge in [0.2, 0.25) is 5.89 Å². The van der Waals surface area contributed by atoms with Crippen molar-refractivity contribution < 1.29 is 18.7 Å². The van der Waals surface area contributed by atoms with Crippen LogP contribution in [0.5, 0.6) is 0 Å². The molecule has 0 aliphatic carbocycles. The lowest BCUT2D eigenvalue weighted by Crippen LogP contribution is -2.15. The SMILES string of the molecule is COC(=O)c1c(C)[nH]c(C(=O)[C@H](C)Sc2nnc(-c3ccccc3)o2)c1C. The van der Waals surface area contributed by atoms with Crippen molar-refractivity contribution in [3.05, 3.63) is 52.8 Å². The Morgan fingerprint density at radius 1 is 1.19 bits per heavy atom. The van der Waals surface area contributed by atoms with Crippen molar-refractivity contribution in [1.29, 1.82) is 0 Å². The summed E-state index contributed by atoms with van der Waals surface area (Å²) in [5.74, 6) is -0.224. The molecular weight excluding hydrogens is 366 g/mol. The molecule has 0 amide bonds. The average Bonchev–Trinajstić information content (AvgIpc) is 3.25. The van der Waals surface area contributed by atoms with Crippen molar-refractivity contribution in [3.63, 3.8) is 0 Å². The van der Waals surface area contributed by atoms with Crippen LogP contribution in [0.1, 0.15) is 39.0 Å². The fourth-order valence-corrected chi connectivity index (χ4v) is 3.51. The minimum Gasteiger partial charge on any atom is -0.465 e. The highest BCUT2D eigenvalue weighted by molar-refractivity contribution is 8.00. The summed E-state index contributed by atoms with van der Waals surface area (Å²) in [7, 11) is 1.31. The van der Waals surface area contributed by atoms with Gasteiger partial charge in [-0.2, -0.15) is 0 Å². The number of aromatic nitrogens is 3. The summed E-state index contributed by atoms with van der Waals surface area (Å²) >= 11 is 1.17. The molecule has 27 heavy (non-hydrogen) atoms. The maximum absolute atomic E-state index is 12.8. The van der Waals surface area contributed by atoms with Crippen LogP contribution >= 0.6 is 11.8 Å². The molecule has 3 aromatic rings. The average molecular weight is 385 g/mol. The predicted molar refractivity (Wildman–Crippen MR) is 101 cm³/mol. The fourth-order valence-electron chi connectivity index (χ4n) is 2.77. The minimum atomic E-state index is -0.476. The van der Waals surface area contributed by atoms with E-state index in [9.17, 15) is 9.59 Å². The summed E-state index contributed by atoms with van der Waals surface area (Å²) < 4.78 is 10.4. The molecule has 2 aromatic heterocycles. The van der Waals surface area contributed by atoms with Gasteiger partial charge in [0.1, 0.15) is 0 Å². The molecule has 8 heteroatoms. The molecule has 0 radical (unpaired) electrons. The molecular formula is C19H19N3O4S. The number of nitrogens with one attached hydrogen (secondary N) is 1. The molecule has 0 fully saturated rings. The Morgan fingerprint density at radius 3 is 2.56 bits per heavy atom. The number of thioether (sulfide) groups is 1. The second kappa shape index (κ2) is 7.79. The van der Waals surface area contributed by atoms with Crippen molar-refractivity contribution in [2.75, 3.05) is 7.11 Å². The number of rotatable bonds is 6. The molecule has 0 saturated carbocycles. The van der Waals surface area contributed by atoms with Gasteiger partial charge in [0.25, 0.3) is 5.22 Å². The smallest absolute Gasteiger partial charge is 0.339 e. The third-order valence-electron chi connectivity index (χ3n) is 4.15. The number of aryl methyl sites for hydroxylation is 1. The topological polar surface area (TPSA) is 98.1 Å². The fraction of sp³-hybridized carbons (Fsp3) is 0.263. The lowest BCUT2D eigenvalue weighted by Gasteiger charge is -2.07. The van der Waals surface area contributed by atoms with Crippen LogP contribution in [0.15, 0.2) is 40.0 Å². The number of hydrogen-bond donors (Lipinski definition) is 1. The van der Waals surface area contributed by atoms with E-state index in [1.807, 2.05) is 30.3 Å². The number of methoxy groups -OCH3 is 1. The minimum absolute atomic E-state index is 0.157. The van der Waals surface area contributed by atoms with Crippen molar-refractivity contribution in [1.82, 2.24) is 15.2 Å². The first-order chi connectivity index (χ1) is 12.9. The van der Waals surface area contributed by atoms with Crippen LogP contribution in [-0.4, -0.2) is 39.3 Å². The number of hydrogen-bond acceptors (Lipinski definition) is 7. The third-order valence-corrected chi connectivity index (χ3v) is 5.08. The number of ether oxygens (including phenoxy) is 1. The van der Waals surface area contributed by atoms with Crippen LogP contribution in [-0.2, 0) is 4.74 Å². The first-order valence-corrected chi connectivity index (χ1v) is 9.17. The predicted octanol–water partition coefficient (Wildman–Crippen LogP) is 3.83. The Morgan fingerprint density at radius 2 is 1.89 bits per heavy atom. The molecule has 1 atom stereocenters. The maximum atomic E-state index is 12.8. The lowest BCUT2D eigenvalue weighted by molar-refractivity contribution is 0.0599. The second-order valence-electron chi connectivity index (χ2n) is 5.98. The number of ketones is 1. The van der Waals surface area contributed by atoms with Gasteiger partial charge >= 0.3 is 5.97 Å². The number of aromatic amines is 1. The first-order valence-electron chi connectivity index (χ1n) is 8.29. The van der Waals surface area contributed by atoms with Gasteiger partial charge in [-0.3, -0.25) is 4.79 Å². The second-order valence-corrected chi connectivity index (χ2v) is 7.27. The summed E-state index contributed by atoms with van der Waals surface area (Å²) in [5.41, 5.74) is 2.77. The molecule has 3 rings (SSSR count). The highest BCUT2D eigenvalue weighted by atomic mass is 32.2. The zero-order valence-electron chi connectivity index (χ0n) is 15.4. The van der Waals surface area contributed by atoms with Gasteiger partial charge in [0.05, 0.1) is 23.6 Å². The van der Waals surface area contributed by atoms with E-state index in [1.54, 1.807) is 20.8 Å². The van der Waals surface area contributed by atoms with E-state index < -0.39 is 11.2 Å². The molecule has 140 valence electrons. The highest BCUT2D eigenvalue weighted by Gasteiger charge is 2.27. The maximum Gasteiger partial charge on any atom is 0.339 e. The number of Topliss-reactive ketones (excluding diaryl/α,β-unsaturated/α-hetero) is 1. The highest BCUT2D eigenvalue weighted by Crippen LogP contribution is 2.29. The van der Waals surface area contributed by atoms with Gasteiger partial charge < -0.3 is 14.1 Å². The summed E-state index contributed by atoms with van der Waals surface area (Å²) in [6.45, 7) is 5.21. The molecule has 7 nitrogen and oxygen atoms in total. The molecule has 2 heterocycles. The zero-order chi connectivity index (χ0) is 19.6. The molecule has 0 saturated heterocycles. The zero-order valence-corrected chi connectivity index (χ0v) is 16.2. The van der Waals surface area contributed by atoms with Gasteiger partial charge in [0, 0.05) is 11.3 Å². The first kappa shape index (κ1) is 18.9. The van der Waals surface area contributed by atoms with Gasteiger partial charge in [-0.05, 0) is 38.5 Å². The Kier molecular flexibility index (Phi) is 5.46. The van der Waals surface area contributed by atoms with Crippen LogP contribution in [0, 0.1) is 13.8 Å². The van der Waals surface area contributed by atoms with E-state index in [2.05, 4.69) is 15.2 Å². The Hall–Kier alpha value is -2.87. The molecule has 1 N–H and O–H groups in total. The van der Waals surface area contributed by atoms with E-state index in [-0.39, 0.29) is 5.78 Å². The normalized spacial score (nSPS) is 12.0. The van der Waals surface area contributed by atoms with Crippen LogP contribution in [0.2, 0.25) is 0 Å². The summed E-state index contributed by atoms with van der Waals surface area (Å²) in [4.78, 5) is 27.7. The van der Waals surface area contributed by atoms with E-state index in [4.69, 9.17) is 9.15 Å². The Bertz CT molecular complexity index is 978. The van der Waals surface area contributed by atoms with Crippen LogP contribution in [0.4, 0.5) is 0 Å². The monoisotopic (exact) mass is 385 g/mol. The quantitative estimate of drug-likeness (QED) is 0.391.